The standard InChI is InChI=1S/C10H7ClN2O3/c11-5-1-2-7-6(3-5)8(13-4-14)9(16-7)10(12)15/h1-4H,(H2,12,15)(H,13,14). The molecule has 0 aliphatic carbocycles. The van der Waals surface area contributed by atoms with Crippen LogP contribution in [-0.4, -0.2) is 12.3 Å². The van der Waals surface area contributed by atoms with E-state index in [2.05, 4.69) is 5.32 Å². The third-order valence-corrected chi connectivity index (χ3v) is 2.31. The van der Waals surface area contributed by atoms with E-state index in [0.717, 1.165) is 0 Å². The van der Waals surface area contributed by atoms with E-state index in [-0.39, 0.29) is 11.4 Å². The highest BCUT2D eigenvalue weighted by molar-refractivity contribution is 6.31. The summed E-state index contributed by atoms with van der Waals surface area (Å²) < 4.78 is 5.21. The fraction of sp³-hybridized carbons (Fsp3) is 0. The number of carbonyl (C=O) groups is 2. The highest BCUT2D eigenvalue weighted by atomic mass is 35.5. The summed E-state index contributed by atoms with van der Waals surface area (Å²) in [5.74, 6) is -0.846. The number of halogens is 1. The van der Waals surface area contributed by atoms with Crippen molar-refractivity contribution in [1.82, 2.24) is 0 Å². The second kappa shape index (κ2) is 3.86. The van der Waals surface area contributed by atoms with Crippen molar-refractivity contribution in [1.29, 1.82) is 0 Å². The van der Waals surface area contributed by atoms with Crippen LogP contribution < -0.4 is 11.1 Å². The van der Waals surface area contributed by atoms with E-state index in [1.165, 1.54) is 0 Å². The van der Waals surface area contributed by atoms with Crippen molar-refractivity contribution in [3.63, 3.8) is 0 Å². The maximum absolute atomic E-state index is 11.1. The summed E-state index contributed by atoms with van der Waals surface area (Å²) in [4.78, 5) is 21.5. The zero-order chi connectivity index (χ0) is 11.7. The van der Waals surface area contributed by atoms with Crippen molar-refractivity contribution in [2.24, 2.45) is 5.73 Å². The fourth-order valence-corrected chi connectivity index (χ4v) is 1.62. The quantitative estimate of drug-likeness (QED) is 0.799. The van der Waals surface area contributed by atoms with Gasteiger partial charge >= 0.3 is 0 Å². The zero-order valence-electron chi connectivity index (χ0n) is 7.99. The van der Waals surface area contributed by atoms with Gasteiger partial charge in [-0.25, -0.2) is 0 Å². The Kier molecular flexibility index (Phi) is 2.54. The summed E-state index contributed by atoms with van der Waals surface area (Å²) >= 11 is 5.81. The van der Waals surface area contributed by atoms with Crippen molar-refractivity contribution < 1.29 is 14.0 Å². The molecule has 2 aromatic rings. The first-order chi connectivity index (χ1) is 7.63. The van der Waals surface area contributed by atoms with Crippen LogP contribution in [0.5, 0.6) is 0 Å². The molecule has 0 radical (unpaired) electrons. The predicted octanol–water partition coefficient (Wildman–Crippen LogP) is 1.75. The van der Waals surface area contributed by atoms with E-state index in [9.17, 15) is 9.59 Å². The van der Waals surface area contributed by atoms with Gasteiger partial charge in [0.25, 0.3) is 5.91 Å². The number of rotatable bonds is 3. The SMILES string of the molecule is NC(=O)c1oc2ccc(Cl)cc2c1NC=O. The van der Waals surface area contributed by atoms with E-state index in [0.29, 0.717) is 22.4 Å². The summed E-state index contributed by atoms with van der Waals surface area (Å²) in [5, 5.41) is 3.38. The van der Waals surface area contributed by atoms with Crippen LogP contribution in [0.2, 0.25) is 5.02 Å². The number of hydrogen-bond donors (Lipinski definition) is 2. The number of hydrogen-bond acceptors (Lipinski definition) is 3. The van der Waals surface area contributed by atoms with Gasteiger partial charge in [0.2, 0.25) is 12.2 Å². The maximum Gasteiger partial charge on any atom is 0.286 e. The maximum atomic E-state index is 11.1. The molecule has 1 aromatic heterocycles. The number of anilines is 1. The van der Waals surface area contributed by atoms with Crippen LogP contribution >= 0.6 is 11.6 Å². The minimum absolute atomic E-state index is 0.0932. The van der Waals surface area contributed by atoms with E-state index in [1.54, 1.807) is 18.2 Å². The summed E-state index contributed by atoms with van der Waals surface area (Å²) in [7, 11) is 0. The minimum Gasteiger partial charge on any atom is -0.449 e. The van der Waals surface area contributed by atoms with Crippen molar-refractivity contribution in [3.8, 4) is 0 Å². The lowest BCUT2D eigenvalue weighted by Gasteiger charge is -1.96. The number of nitrogens with one attached hydrogen (secondary N) is 1. The molecule has 1 heterocycles. The summed E-state index contributed by atoms with van der Waals surface area (Å²) in [5.41, 5.74) is 5.79. The van der Waals surface area contributed by atoms with Gasteiger partial charge in [-0.2, -0.15) is 0 Å². The molecule has 0 atom stereocenters. The van der Waals surface area contributed by atoms with Crippen molar-refractivity contribution in [2.45, 2.75) is 0 Å². The lowest BCUT2D eigenvalue weighted by Crippen LogP contribution is -2.12. The normalized spacial score (nSPS) is 10.3. The van der Waals surface area contributed by atoms with Crippen LogP contribution in [0.1, 0.15) is 10.6 Å². The topological polar surface area (TPSA) is 85.3 Å². The van der Waals surface area contributed by atoms with Gasteiger partial charge in [-0.05, 0) is 18.2 Å². The summed E-state index contributed by atoms with van der Waals surface area (Å²) in [6, 6.07) is 4.79. The Hall–Kier alpha value is -2.01. The molecular formula is C10H7ClN2O3. The number of amides is 2. The zero-order valence-corrected chi connectivity index (χ0v) is 8.75. The Morgan fingerprint density at radius 3 is 2.88 bits per heavy atom. The molecule has 0 saturated heterocycles. The molecule has 3 N–H and O–H groups in total. The first kappa shape index (κ1) is 10.5. The third kappa shape index (κ3) is 1.61. The van der Waals surface area contributed by atoms with Crippen LogP contribution in [0.15, 0.2) is 22.6 Å². The molecule has 0 saturated carbocycles. The van der Waals surface area contributed by atoms with Gasteiger partial charge < -0.3 is 15.5 Å². The van der Waals surface area contributed by atoms with Gasteiger partial charge in [0.1, 0.15) is 11.3 Å². The largest absolute Gasteiger partial charge is 0.449 e. The number of carbonyl (C=O) groups excluding carboxylic acids is 2. The molecule has 16 heavy (non-hydrogen) atoms. The molecule has 0 aliphatic heterocycles. The van der Waals surface area contributed by atoms with Crippen LogP contribution in [0.4, 0.5) is 5.69 Å². The Morgan fingerprint density at radius 1 is 1.50 bits per heavy atom. The van der Waals surface area contributed by atoms with Crippen molar-refractivity contribution in [2.75, 3.05) is 5.32 Å². The Morgan fingerprint density at radius 2 is 2.25 bits per heavy atom. The number of primary amides is 1. The Bertz CT molecular complexity index is 577. The first-order valence-electron chi connectivity index (χ1n) is 4.35. The summed E-state index contributed by atoms with van der Waals surface area (Å²) in [6.45, 7) is 0. The minimum atomic E-state index is -0.753. The van der Waals surface area contributed by atoms with Crippen LogP contribution in [-0.2, 0) is 4.79 Å². The molecule has 1 aromatic carbocycles. The highest BCUT2D eigenvalue weighted by Crippen LogP contribution is 2.32. The fourth-order valence-electron chi connectivity index (χ4n) is 1.45. The van der Waals surface area contributed by atoms with Crippen LogP contribution in [0, 0.1) is 0 Å². The molecule has 2 rings (SSSR count). The lowest BCUT2D eigenvalue weighted by atomic mass is 10.2. The molecule has 0 aliphatic rings. The smallest absolute Gasteiger partial charge is 0.286 e. The predicted molar refractivity (Wildman–Crippen MR) is 59.4 cm³/mol. The van der Waals surface area contributed by atoms with Gasteiger partial charge in [-0.3, -0.25) is 9.59 Å². The van der Waals surface area contributed by atoms with Crippen LogP contribution in [0.25, 0.3) is 11.0 Å². The first-order valence-corrected chi connectivity index (χ1v) is 4.73. The van der Waals surface area contributed by atoms with Crippen molar-refractivity contribution >= 4 is 40.6 Å². The van der Waals surface area contributed by atoms with Gasteiger partial charge in [0.15, 0.2) is 0 Å². The molecule has 2 amide bonds. The molecule has 0 fully saturated rings. The molecular weight excluding hydrogens is 232 g/mol. The van der Waals surface area contributed by atoms with E-state index in [1.807, 2.05) is 0 Å². The third-order valence-electron chi connectivity index (χ3n) is 2.08. The van der Waals surface area contributed by atoms with E-state index >= 15 is 0 Å². The molecule has 6 heteroatoms. The molecule has 0 bridgehead atoms. The number of nitrogens with two attached hydrogens (primary N) is 1. The Labute approximate surface area is 95.2 Å². The molecule has 5 nitrogen and oxygen atoms in total. The molecule has 0 spiro atoms. The Balaban J connectivity index is 2.76. The second-order valence-corrected chi connectivity index (χ2v) is 3.51. The average molecular weight is 239 g/mol. The monoisotopic (exact) mass is 238 g/mol. The van der Waals surface area contributed by atoms with E-state index < -0.39 is 5.91 Å². The number of furan rings is 1. The number of fused-ring (bicyclic) bond motifs is 1. The van der Waals surface area contributed by atoms with Gasteiger partial charge in [0, 0.05) is 10.4 Å². The van der Waals surface area contributed by atoms with Gasteiger partial charge in [-0.15, -0.1) is 0 Å². The number of benzene rings is 1. The summed E-state index contributed by atoms with van der Waals surface area (Å²) in [6.07, 6.45) is 0.442. The van der Waals surface area contributed by atoms with Crippen molar-refractivity contribution in [3.05, 3.63) is 29.0 Å². The highest BCUT2D eigenvalue weighted by Gasteiger charge is 2.18. The molecule has 0 unspecified atom stereocenters. The van der Waals surface area contributed by atoms with Gasteiger partial charge in [-0.1, -0.05) is 11.6 Å². The van der Waals surface area contributed by atoms with Crippen LogP contribution in [0.3, 0.4) is 0 Å². The van der Waals surface area contributed by atoms with E-state index in [4.69, 9.17) is 21.8 Å². The lowest BCUT2D eigenvalue weighted by molar-refractivity contribution is -0.105. The second-order valence-electron chi connectivity index (χ2n) is 3.07. The average Bonchev–Trinajstić information content (AvgIpc) is 2.58. The molecule has 82 valence electrons. The van der Waals surface area contributed by atoms with Gasteiger partial charge in [0.05, 0.1) is 0 Å².